The van der Waals surface area contributed by atoms with Crippen LogP contribution >= 0.6 is 0 Å². The second-order valence-electron chi connectivity index (χ2n) is 7.91. The highest BCUT2D eigenvalue weighted by Crippen LogP contribution is 2.25. The van der Waals surface area contributed by atoms with Crippen LogP contribution in [0.25, 0.3) is 0 Å². The van der Waals surface area contributed by atoms with Gasteiger partial charge in [-0.1, -0.05) is 25.5 Å². The van der Waals surface area contributed by atoms with Crippen LogP contribution in [0.5, 0.6) is 0 Å². The lowest BCUT2D eigenvalue weighted by Gasteiger charge is -2.40. The first-order valence-electron chi connectivity index (χ1n) is 12.0. The van der Waals surface area contributed by atoms with Gasteiger partial charge in [-0.15, -0.1) is 0 Å². The molecule has 0 saturated carbocycles. The summed E-state index contributed by atoms with van der Waals surface area (Å²) in [4.78, 5) is 12.6. The van der Waals surface area contributed by atoms with Crippen molar-refractivity contribution in [3.05, 3.63) is 42.1 Å². The fourth-order valence-corrected chi connectivity index (χ4v) is 3.38. The van der Waals surface area contributed by atoms with E-state index in [0.29, 0.717) is 13.2 Å². The Morgan fingerprint density at radius 2 is 1.91 bits per heavy atom. The van der Waals surface area contributed by atoms with E-state index in [0.717, 1.165) is 24.1 Å². The highest BCUT2D eigenvalue weighted by atomic mass is 16.9. The molecule has 3 N–H and O–H groups in total. The van der Waals surface area contributed by atoms with Crippen molar-refractivity contribution in [3.8, 4) is 0 Å². The molecule has 9 nitrogen and oxygen atoms in total. The molecule has 0 radical (unpaired) electrons. The molecule has 0 bridgehead atoms. The van der Waals surface area contributed by atoms with Crippen LogP contribution in [0, 0.1) is 5.41 Å². The largest absolute Gasteiger partial charge is 0.464 e. The molecular formula is C25H39N3O6. The second kappa shape index (κ2) is 15.6. The Morgan fingerprint density at radius 1 is 1.18 bits per heavy atom. The summed E-state index contributed by atoms with van der Waals surface area (Å²) in [5, 5.41) is 13.5. The molecule has 0 amide bonds. The number of hydrogen-bond acceptors (Lipinski definition) is 9. The minimum absolute atomic E-state index is 0.0894. The van der Waals surface area contributed by atoms with Gasteiger partial charge in [0.25, 0.3) is 0 Å². The van der Waals surface area contributed by atoms with Gasteiger partial charge < -0.3 is 39.7 Å². The van der Waals surface area contributed by atoms with E-state index in [2.05, 4.69) is 24.5 Å². The molecule has 0 spiro atoms. The summed E-state index contributed by atoms with van der Waals surface area (Å²) in [5.41, 5.74) is 2.06. The third-order valence-electron chi connectivity index (χ3n) is 5.25. The third kappa shape index (κ3) is 9.15. The summed E-state index contributed by atoms with van der Waals surface area (Å²) in [6.07, 6.45) is 3.75. The van der Waals surface area contributed by atoms with Crippen LogP contribution in [0.15, 0.2) is 36.5 Å². The first-order valence-corrected chi connectivity index (χ1v) is 12.0. The molecule has 0 unspecified atom stereocenters. The Morgan fingerprint density at radius 3 is 2.53 bits per heavy atom. The molecule has 3 atom stereocenters. The number of rotatable bonds is 17. The van der Waals surface area contributed by atoms with E-state index in [9.17, 15) is 4.79 Å². The minimum atomic E-state index is -0.939. The molecule has 190 valence electrons. The van der Waals surface area contributed by atoms with Crippen molar-refractivity contribution >= 4 is 17.9 Å². The smallest absolute Gasteiger partial charge is 0.338 e. The Hall–Kier alpha value is -2.30. The number of hydrogen-bond donors (Lipinski definition) is 3. The molecule has 2 rings (SSSR count). The van der Waals surface area contributed by atoms with Gasteiger partial charge in [0.05, 0.1) is 13.2 Å². The molecule has 1 aliphatic heterocycles. The predicted molar refractivity (Wildman–Crippen MR) is 131 cm³/mol. The molecule has 0 aromatic heterocycles. The first kappa shape index (κ1) is 27.9. The molecular weight excluding hydrogens is 438 g/mol. The van der Waals surface area contributed by atoms with Gasteiger partial charge >= 0.3 is 5.97 Å². The number of ether oxygens (including phenoxy) is 5. The maximum absolute atomic E-state index is 12.6. The maximum atomic E-state index is 12.6. The number of unbranched alkanes of at least 4 members (excludes halogenated alkanes) is 1. The fraction of sp³-hybridized carbons (Fsp3) is 0.600. The number of anilines is 1. The van der Waals surface area contributed by atoms with Crippen LogP contribution in [0.1, 0.15) is 52.1 Å². The van der Waals surface area contributed by atoms with Gasteiger partial charge in [0, 0.05) is 37.3 Å². The third-order valence-corrected chi connectivity index (χ3v) is 5.25. The second-order valence-corrected chi connectivity index (χ2v) is 7.91. The lowest BCUT2D eigenvalue weighted by molar-refractivity contribution is -0.408. The number of allylic oxidation sites excluding steroid dienone is 1. The van der Waals surface area contributed by atoms with Gasteiger partial charge in [0.15, 0.2) is 18.7 Å². The summed E-state index contributed by atoms with van der Waals surface area (Å²) in [6, 6.07) is 8.11. The molecule has 34 heavy (non-hydrogen) atoms. The van der Waals surface area contributed by atoms with Crippen molar-refractivity contribution < 1.29 is 28.5 Å². The van der Waals surface area contributed by atoms with Crippen molar-refractivity contribution in [1.29, 1.82) is 5.41 Å². The lowest BCUT2D eigenvalue weighted by Crippen LogP contribution is -2.56. The van der Waals surface area contributed by atoms with Gasteiger partial charge in [0.2, 0.25) is 0 Å². The van der Waals surface area contributed by atoms with Gasteiger partial charge in [0.1, 0.15) is 6.10 Å². The summed E-state index contributed by atoms with van der Waals surface area (Å²) >= 11 is 0. The van der Waals surface area contributed by atoms with Crippen LogP contribution < -0.4 is 10.6 Å². The topological polar surface area (TPSA) is 111 Å². The van der Waals surface area contributed by atoms with Crippen LogP contribution in [0.3, 0.4) is 0 Å². The Labute approximate surface area is 202 Å². The van der Waals surface area contributed by atoms with E-state index in [-0.39, 0.29) is 25.5 Å². The Bertz CT molecular complexity index is 752. The quantitative estimate of drug-likeness (QED) is 0.177. The van der Waals surface area contributed by atoms with E-state index in [1.165, 1.54) is 6.21 Å². The summed E-state index contributed by atoms with van der Waals surface area (Å²) < 4.78 is 28.3. The average molecular weight is 478 g/mol. The number of carbonyl (C=O) groups excluding carboxylic acids is 1. The minimum Gasteiger partial charge on any atom is -0.464 e. The average Bonchev–Trinajstić information content (AvgIpc) is 2.81. The van der Waals surface area contributed by atoms with Crippen molar-refractivity contribution in [1.82, 2.24) is 5.32 Å². The highest BCUT2D eigenvalue weighted by molar-refractivity contribution is 5.75. The van der Waals surface area contributed by atoms with Crippen LogP contribution in [0.4, 0.5) is 5.69 Å². The number of nitrogens with one attached hydrogen (secondary N) is 3. The van der Waals surface area contributed by atoms with E-state index in [1.54, 1.807) is 26.1 Å². The monoisotopic (exact) mass is 477 g/mol. The van der Waals surface area contributed by atoms with Crippen molar-refractivity contribution in [2.45, 2.75) is 71.4 Å². The van der Waals surface area contributed by atoms with Gasteiger partial charge in [-0.05, 0) is 51.0 Å². The number of benzene rings is 1. The Kier molecular flexibility index (Phi) is 12.8. The molecule has 1 aromatic carbocycles. The molecule has 1 heterocycles. The van der Waals surface area contributed by atoms with Gasteiger partial charge in [-0.25, -0.2) is 4.79 Å². The predicted octanol–water partition coefficient (Wildman–Crippen LogP) is 3.76. The van der Waals surface area contributed by atoms with Crippen molar-refractivity contribution in [2.24, 2.45) is 0 Å². The highest BCUT2D eigenvalue weighted by Gasteiger charge is 2.44. The zero-order valence-electron chi connectivity index (χ0n) is 20.6. The van der Waals surface area contributed by atoms with E-state index >= 15 is 0 Å². The molecule has 1 aromatic rings. The normalized spacial score (nSPS) is 20.4. The van der Waals surface area contributed by atoms with Crippen molar-refractivity contribution in [2.75, 3.05) is 31.7 Å². The maximum Gasteiger partial charge on any atom is 0.338 e. The van der Waals surface area contributed by atoms with Gasteiger partial charge in [-0.3, -0.25) is 0 Å². The van der Waals surface area contributed by atoms with E-state index in [1.807, 2.05) is 24.3 Å². The molecule has 9 heteroatoms. The molecule has 1 fully saturated rings. The molecule has 0 aliphatic carbocycles. The zero-order valence-corrected chi connectivity index (χ0v) is 20.6. The van der Waals surface area contributed by atoms with E-state index < -0.39 is 24.5 Å². The number of carbonyl (C=O) groups is 1. The zero-order chi connectivity index (χ0) is 24.8. The van der Waals surface area contributed by atoms with Crippen LogP contribution in [0.2, 0.25) is 0 Å². The van der Waals surface area contributed by atoms with Gasteiger partial charge in [-0.2, -0.15) is 0 Å². The molecule has 1 saturated heterocycles. The standard InChI is InChI=1S/C25H39N3O6/c1-5-7-16-31-23(25-33-19(4)34-25)22(24(29)30-6-2)32-17-15-27-18(3)20-9-11-21(12-10-20)28-14-8-13-26/h8-14,18-19,22-23,25-28H,5-7,15-17H2,1-4H3/b14-8-,26-13?/t18-,19?,22-,23-,25?/m1/s1. The fourth-order valence-electron chi connectivity index (χ4n) is 3.38. The summed E-state index contributed by atoms with van der Waals surface area (Å²) in [7, 11) is 0. The summed E-state index contributed by atoms with van der Waals surface area (Å²) in [5.74, 6) is -0.482. The Balaban J connectivity index is 1.89. The SMILES string of the molecule is CCCCO[C@@H](C1OC(C)O1)[C@@H](OCCN[C@H](C)c1ccc(N/C=C\C=N)cc1)C(=O)OCC. The first-order chi connectivity index (χ1) is 16.5. The number of esters is 1. The van der Waals surface area contributed by atoms with Crippen LogP contribution in [-0.4, -0.2) is 63.3 Å². The lowest BCUT2D eigenvalue weighted by atomic mass is 10.1. The van der Waals surface area contributed by atoms with E-state index in [4.69, 9.17) is 29.1 Å². The van der Waals surface area contributed by atoms with Crippen LogP contribution in [-0.2, 0) is 28.5 Å². The molecule has 1 aliphatic rings. The summed E-state index contributed by atoms with van der Waals surface area (Å²) in [6.45, 7) is 9.24. The van der Waals surface area contributed by atoms with Crippen molar-refractivity contribution in [3.63, 3.8) is 0 Å².